The number of fused-ring (bicyclic) bond motifs is 1. The lowest BCUT2D eigenvalue weighted by Gasteiger charge is -2.18. The third-order valence-corrected chi connectivity index (χ3v) is 3.80. The highest BCUT2D eigenvalue weighted by Gasteiger charge is 2.15. The quantitative estimate of drug-likeness (QED) is 0.795. The number of anilines is 1. The Bertz CT molecular complexity index is 918. The Morgan fingerprint density at radius 1 is 1.08 bits per heavy atom. The van der Waals surface area contributed by atoms with Crippen LogP contribution in [0.2, 0.25) is 0 Å². The average molecular weight is 336 g/mol. The summed E-state index contributed by atoms with van der Waals surface area (Å²) < 4.78 is 12.6. The molecule has 0 bridgehead atoms. The third kappa shape index (κ3) is 3.16. The maximum Gasteiger partial charge on any atom is 0.255 e. The summed E-state index contributed by atoms with van der Waals surface area (Å²) >= 11 is 0. The fourth-order valence-corrected chi connectivity index (χ4v) is 2.56. The van der Waals surface area contributed by atoms with E-state index in [-0.39, 0.29) is 5.91 Å². The molecule has 0 radical (unpaired) electrons. The van der Waals surface area contributed by atoms with Gasteiger partial charge in [-0.3, -0.25) is 9.48 Å². The molecule has 0 aliphatic carbocycles. The summed E-state index contributed by atoms with van der Waals surface area (Å²) in [6.45, 7) is 1.01. The van der Waals surface area contributed by atoms with Gasteiger partial charge in [-0.1, -0.05) is 0 Å². The van der Waals surface area contributed by atoms with E-state index < -0.39 is 0 Å². The van der Waals surface area contributed by atoms with E-state index in [9.17, 15) is 4.79 Å². The molecule has 0 unspecified atom stereocenters. The second kappa shape index (κ2) is 6.27. The number of nitrogens with one attached hydrogen (secondary N) is 1. The minimum atomic E-state index is -0.208. The molecule has 0 fully saturated rings. The molecule has 126 valence electrons. The summed E-state index contributed by atoms with van der Waals surface area (Å²) in [4.78, 5) is 16.6. The lowest BCUT2D eigenvalue weighted by molar-refractivity contribution is 0.102. The largest absolute Gasteiger partial charge is 0.486 e. The number of nitrogens with zero attached hydrogens (tertiary/aromatic N) is 3. The number of rotatable bonds is 3. The molecule has 1 amide bonds. The molecule has 0 saturated heterocycles. The topological polar surface area (TPSA) is 78.3 Å². The summed E-state index contributed by atoms with van der Waals surface area (Å²) in [6, 6.07) is 12.5. The van der Waals surface area contributed by atoms with Gasteiger partial charge < -0.3 is 14.8 Å². The van der Waals surface area contributed by atoms with Crippen LogP contribution in [0.4, 0.5) is 5.69 Å². The first kappa shape index (κ1) is 15.2. The zero-order chi connectivity index (χ0) is 17.2. The molecular weight excluding hydrogens is 320 g/mol. The molecular formula is C18H16N4O3. The van der Waals surface area contributed by atoms with Gasteiger partial charge in [-0.15, -0.1) is 0 Å². The molecule has 3 aromatic rings. The van der Waals surface area contributed by atoms with Crippen LogP contribution in [0.3, 0.4) is 0 Å². The molecule has 1 aromatic heterocycles. The van der Waals surface area contributed by atoms with Crippen molar-refractivity contribution in [3.05, 3.63) is 54.4 Å². The Kier molecular flexibility index (Phi) is 3.81. The zero-order valence-electron chi connectivity index (χ0n) is 13.6. The third-order valence-electron chi connectivity index (χ3n) is 3.80. The Morgan fingerprint density at radius 2 is 1.84 bits per heavy atom. The van der Waals surface area contributed by atoms with Gasteiger partial charge in [0.25, 0.3) is 5.91 Å². The van der Waals surface area contributed by atoms with Gasteiger partial charge in [0.15, 0.2) is 17.3 Å². The van der Waals surface area contributed by atoms with Crippen LogP contribution in [0.5, 0.6) is 11.5 Å². The average Bonchev–Trinajstić information content (AvgIpc) is 3.08. The van der Waals surface area contributed by atoms with Crippen LogP contribution in [0.15, 0.2) is 48.8 Å². The Morgan fingerprint density at radius 3 is 2.56 bits per heavy atom. The lowest BCUT2D eigenvalue weighted by atomic mass is 10.1. The molecule has 25 heavy (non-hydrogen) atoms. The molecule has 7 nitrogen and oxygen atoms in total. The molecule has 2 aromatic carbocycles. The number of carbonyl (C=O) groups is 1. The van der Waals surface area contributed by atoms with Crippen LogP contribution in [-0.2, 0) is 7.05 Å². The summed E-state index contributed by atoms with van der Waals surface area (Å²) in [7, 11) is 1.82. The first-order chi connectivity index (χ1) is 12.2. The number of aryl methyl sites for hydroxylation is 1. The molecule has 0 spiro atoms. The van der Waals surface area contributed by atoms with Crippen LogP contribution in [0.1, 0.15) is 10.4 Å². The minimum absolute atomic E-state index is 0.208. The van der Waals surface area contributed by atoms with E-state index in [1.165, 1.54) is 0 Å². The van der Waals surface area contributed by atoms with Crippen LogP contribution in [0.25, 0.3) is 11.4 Å². The number of ether oxygens (including phenoxy) is 2. The SMILES string of the molecule is Cn1cnc(-c2ccc(NC(=O)c3ccc4c(c3)OCCO4)cc2)n1. The number of carbonyl (C=O) groups excluding carboxylic acids is 1. The van der Waals surface area contributed by atoms with Crippen molar-refractivity contribution in [1.29, 1.82) is 0 Å². The summed E-state index contributed by atoms with van der Waals surface area (Å²) in [5.41, 5.74) is 2.09. The van der Waals surface area contributed by atoms with Gasteiger partial charge in [-0.25, -0.2) is 4.98 Å². The first-order valence-electron chi connectivity index (χ1n) is 7.86. The molecule has 2 heterocycles. The van der Waals surface area contributed by atoms with Gasteiger partial charge in [0.2, 0.25) is 0 Å². The van der Waals surface area contributed by atoms with Crippen LogP contribution in [-0.4, -0.2) is 33.9 Å². The highest BCUT2D eigenvalue weighted by atomic mass is 16.6. The van der Waals surface area contributed by atoms with Crippen molar-refractivity contribution in [1.82, 2.24) is 14.8 Å². The summed E-state index contributed by atoms with van der Waals surface area (Å²) in [5.74, 6) is 1.69. The van der Waals surface area contributed by atoms with Gasteiger partial charge in [0.05, 0.1) is 0 Å². The molecule has 1 N–H and O–H groups in total. The smallest absolute Gasteiger partial charge is 0.255 e. The number of aromatic nitrogens is 3. The molecule has 0 saturated carbocycles. The molecule has 4 rings (SSSR count). The van der Waals surface area contributed by atoms with E-state index in [4.69, 9.17) is 9.47 Å². The van der Waals surface area contributed by atoms with E-state index in [0.29, 0.717) is 41.8 Å². The predicted molar refractivity (Wildman–Crippen MR) is 91.8 cm³/mol. The normalized spacial score (nSPS) is 12.7. The van der Waals surface area contributed by atoms with Crippen LogP contribution < -0.4 is 14.8 Å². The van der Waals surface area contributed by atoms with Crippen molar-refractivity contribution >= 4 is 11.6 Å². The van der Waals surface area contributed by atoms with Crippen molar-refractivity contribution in [2.75, 3.05) is 18.5 Å². The highest BCUT2D eigenvalue weighted by molar-refractivity contribution is 6.04. The van der Waals surface area contributed by atoms with Gasteiger partial charge in [-0.2, -0.15) is 5.10 Å². The van der Waals surface area contributed by atoms with Gasteiger partial charge in [0, 0.05) is 23.9 Å². The maximum absolute atomic E-state index is 12.4. The fraction of sp³-hybridized carbons (Fsp3) is 0.167. The van der Waals surface area contributed by atoms with Gasteiger partial charge >= 0.3 is 0 Å². The van der Waals surface area contributed by atoms with Crippen molar-refractivity contribution in [3.63, 3.8) is 0 Å². The number of amides is 1. The number of benzene rings is 2. The molecule has 1 aliphatic heterocycles. The zero-order valence-corrected chi connectivity index (χ0v) is 13.6. The Balaban J connectivity index is 1.49. The van der Waals surface area contributed by atoms with Crippen molar-refractivity contribution in [3.8, 4) is 22.9 Å². The summed E-state index contributed by atoms with van der Waals surface area (Å²) in [6.07, 6.45) is 1.65. The number of hydrogen-bond donors (Lipinski definition) is 1. The Labute approximate surface area is 144 Å². The van der Waals surface area contributed by atoms with Gasteiger partial charge in [-0.05, 0) is 42.5 Å². The monoisotopic (exact) mass is 336 g/mol. The van der Waals surface area contributed by atoms with Crippen LogP contribution in [0, 0.1) is 0 Å². The molecule has 1 aliphatic rings. The standard InChI is InChI=1S/C18H16N4O3/c1-22-11-19-17(21-22)12-2-5-14(6-3-12)20-18(23)13-4-7-15-16(10-13)25-9-8-24-15/h2-7,10-11H,8-9H2,1H3,(H,20,23). The van der Waals surface area contributed by atoms with E-state index in [1.807, 2.05) is 31.3 Å². The first-order valence-corrected chi connectivity index (χ1v) is 7.86. The van der Waals surface area contributed by atoms with E-state index >= 15 is 0 Å². The minimum Gasteiger partial charge on any atom is -0.486 e. The lowest BCUT2D eigenvalue weighted by Crippen LogP contribution is -2.17. The fourth-order valence-electron chi connectivity index (χ4n) is 2.56. The van der Waals surface area contributed by atoms with E-state index in [2.05, 4.69) is 15.4 Å². The second-order valence-corrected chi connectivity index (χ2v) is 5.63. The van der Waals surface area contributed by atoms with Crippen molar-refractivity contribution in [2.24, 2.45) is 7.05 Å². The van der Waals surface area contributed by atoms with Gasteiger partial charge in [0.1, 0.15) is 19.5 Å². The molecule has 0 atom stereocenters. The van der Waals surface area contributed by atoms with E-state index in [0.717, 1.165) is 5.56 Å². The summed E-state index contributed by atoms with van der Waals surface area (Å²) in [5, 5.41) is 7.12. The molecule has 7 heteroatoms. The maximum atomic E-state index is 12.4. The van der Waals surface area contributed by atoms with E-state index in [1.54, 1.807) is 29.2 Å². The van der Waals surface area contributed by atoms with Crippen molar-refractivity contribution in [2.45, 2.75) is 0 Å². The highest BCUT2D eigenvalue weighted by Crippen LogP contribution is 2.31. The predicted octanol–water partition coefficient (Wildman–Crippen LogP) is 2.51. The number of hydrogen-bond acceptors (Lipinski definition) is 5. The Hall–Kier alpha value is -3.35. The van der Waals surface area contributed by atoms with Crippen molar-refractivity contribution < 1.29 is 14.3 Å². The second-order valence-electron chi connectivity index (χ2n) is 5.63. The van der Waals surface area contributed by atoms with Crippen LogP contribution >= 0.6 is 0 Å².